The predicted octanol–water partition coefficient (Wildman–Crippen LogP) is 1.73. The van der Waals surface area contributed by atoms with E-state index in [4.69, 9.17) is 0 Å². The Morgan fingerprint density at radius 3 is 2.59 bits per heavy atom. The van der Waals surface area contributed by atoms with E-state index in [1.807, 2.05) is 0 Å². The van der Waals surface area contributed by atoms with Crippen LogP contribution in [0.5, 0.6) is 0 Å². The maximum atomic E-state index is 12.9. The molecule has 0 radical (unpaired) electrons. The van der Waals surface area contributed by atoms with Gasteiger partial charge in [0.05, 0.1) is 17.8 Å². The average molecular weight is 432 g/mol. The monoisotopic (exact) mass is 431 g/mol. The lowest BCUT2D eigenvalue weighted by molar-refractivity contribution is 0.196. The Hall–Kier alpha value is -3.14. The maximum absolute atomic E-state index is 12.9. The minimum atomic E-state index is -1.18. The van der Waals surface area contributed by atoms with Crippen molar-refractivity contribution in [3.63, 3.8) is 0 Å². The summed E-state index contributed by atoms with van der Waals surface area (Å²) >= 11 is 3.25. The number of hydrogen-bond donors (Lipinski definition) is 1. The fraction of sp³-hybridized carbons (Fsp3) is 0.176. The third-order valence-corrected chi connectivity index (χ3v) is 5.31. The van der Waals surface area contributed by atoms with Crippen LogP contribution in [-0.4, -0.2) is 34.5 Å². The van der Waals surface area contributed by atoms with Crippen LogP contribution < -0.4 is 11.2 Å². The zero-order chi connectivity index (χ0) is 19.5. The van der Waals surface area contributed by atoms with E-state index < -0.39 is 17.3 Å². The highest BCUT2D eigenvalue weighted by Crippen LogP contribution is 2.20. The van der Waals surface area contributed by atoms with Gasteiger partial charge in [-0.15, -0.1) is 0 Å². The summed E-state index contributed by atoms with van der Waals surface area (Å²) in [6, 6.07) is 8.65. The quantitative estimate of drug-likeness (QED) is 0.486. The molecule has 0 saturated heterocycles. The second kappa shape index (κ2) is 5.95. The molecule has 0 spiro atoms. The number of carbonyl (C=O) groups is 1. The van der Waals surface area contributed by atoms with Crippen LogP contribution in [0.3, 0.4) is 0 Å². The Labute approximate surface area is 159 Å². The number of nitrogens with zero attached hydrogens (tertiary/aromatic N) is 5. The molecule has 3 aromatic heterocycles. The van der Waals surface area contributed by atoms with E-state index in [-0.39, 0.29) is 17.7 Å². The molecule has 0 amide bonds. The van der Waals surface area contributed by atoms with Gasteiger partial charge in [-0.3, -0.25) is 13.9 Å². The number of benzene rings is 1. The van der Waals surface area contributed by atoms with Gasteiger partial charge in [-0.25, -0.2) is 19.1 Å². The van der Waals surface area contributed by atoms with Crippen molar-refractivity contribution in [2.45, 2.75) is 6.54 Å². The topological polar surface area (TPSA) is 104 Å². The number of hydrogen-bond acceptors (Lipinski definition) is 4. The average Bonchev–Trinajstić information content (AvgIpc) is 3.14. The van der Waals surface area contributed by atoms with Gasteiger partial charge >= 0.3 is 11.8 Å². The largest absolute Gasteiger partial charge is 0.464 e. The van der Waals surface area contributed by atoms with Crippen molar-refractivity contribution >= 4 is 44.1 Å². The Kier molecular flexibility index (Phi) is 3.81. The van der Waals surface area contributed by atoms with Crippen molar-refractivity contribution in [3.8, 4) is 0 Å². The molecule has 4 aromatic rings. The highest BCUT2D eigenvalue weighted by atomic mass is 79.9. The lowest BCUT2D eigenvalue weighted by Crippen LogP contribution is -2.40. The number of aromatic nitrogens is 5. The first kappa shape index (κ1) is 17.3. The van der Waals surface area contributed by atoms with Gasteiger partial charge in [0.25, 0.3) is 5.56 Å². The van der Waals surface area contributed by atoms with E-state index in [0.717, 1.165) is 9.13 Å². The summed E-state index contributed by atoms with van der Waals surface area (Å²) in [6.07, 6.45) is -1.18. The van der Waals surface area contributed by atoms with Gasteiger partial charge in [-0.2, -0.15) is 0 Å². The summed E-state index contributed by atoms with van der Waals surface area (Å²) in [7, 11) is 3.18. The van der Waals surface area contributed by atoms with E-state index in [2.05, 4.69) is 20.9 Å². The summed E-state index contributed by atoms with van der Waals surface area (Å²) in [5, 5.41) is 10.3. The normalized spacial score (nSPS) is 11.5. The summed E-state index contributed by atoms with van der Waals surface area (Å²) in [5.41, 5.74) is 0.227. The smallest absolute Gasteiger partial charge is 0.416 e. The zero-order valence-electron chi connectivity index (χ0n) is 14.4. The van der Waals surface area contributed by atoms with Gasteiger partial charge in [0, 0.05) is 19.5 Å². The number of rotatable bonds is 2. The maximum Gasteiger partial charge on any atom is 0.416 e. The van der Waals surface area contributed by atoms with Crippen molar-refractivity contribution < 1.29 is 9.90 Å². The lowest BCUT2D eigenvalue weighted by atomic mass is 10.2. The summed E-state index contributed by atoms with van der Waals surface area (Å²) in [5.74, 6) is 0. The molecule has 1 aromatic carbocycles. The number of halogens is 1. The van der Waals surface area contributed by atoms with Gasteiger partial charge in [-0.05, 0) is 28.1 Å². The first-order valence-electron chi connectivity index (χ1n) is 7.95. The number of aryl methyl sites for hydroxylation is 2. The minimum Gasteiger partial charge on any atom is -0.464 e. The fourth-order valence-electron chi connectivity index (χ4n) is 3.27. The van der Waals surface area contributed by atoms with Crippen LogP contribution in [0.1, 0.15) is 5.69 Å². The third-order valence-electron chi connectivity index (χ3n) is 4.60. The molecule has 0 aliphatic rings. The predicted molar refractivity (Wildman–Crippen MR) is 102 cm³/mol. The molecule has 0 saturated carbocycles. The van der Waals surface area contributed by atoms with Gasteiger partial charge < -0.3 is 9.67 Å². The Morgan fingerprint density at radius 2 is 1.89 bits per heavy atom. The first-order valence-corrected chi connectivity index (χ1v) is 8.75. The molecule has 3 heterocycles. The molecular formula is C17H14BrN5O4. The molecular weight excluding hydrogens is 418 g/mol. The SMILES string of the molecule is Cn1c(Br)nc2c1c(=O)n(Cc1cc3ccccc3n1C(=O)O)c(=O)n2C. The lowest BCUT2D eigenvalue weighted by Gasteiger charge is -2.10. The van der Waals surface area contributed by atoms with Crippen LogP contribution in [0.25, 0.3) is 22.1 Å². The molecule has 4 rings (SSSR count). The molecule has 0 aliphatic heterocycles. The van der Waals surface area contributed by atoms with Gasteiger partial charge in [-0.1, -0.05) is 18.2 Å². The number of carboxylic acid groups (broad SMARTS) is 1. The first-order chi connectivity index (χ1) is 12.8. The number of fused-ring (bicyclic) bond motifs is 2. The molecule has 0 fully saturated rings. The van der Waals surface area contributed by atoms with E-state index >= 15 is 0 Å². The van der Waals surface area contributed by atoms with Crippen molar-refractivity contribution in [2.75, 3.05) is 0 Å². The van der Waals surface area contributed by atoms with E-state index in [9.17, 15) is 19.5 Å². The Bertz CT molecular complexity index is 1360. The molecule has 0 aliphatic carbocycles. The minimum absolute atomic E-state index is 0.175. The summed E-state index contributed by atoms with van der Waals surface area (Å²) in [6.45, 7) is -0.175. The molecule has 138 valence electrons. The van der Waals surface area contributed by atoms with Crippen molar-refractivity contribution in [2.24, 2.45) is 14.1 Å². The molecule has 27 heavy (non-hydrogen) atoms. The van der Waals surface area contributed by atoms with Crippen molar-refractivity contribution in [1.82, 2.24) is 23.3 Å². The van der Waals surface area contributed by atoms with Crippen LogP contribution >= 0.6 is 15.9 Å². The van der Waals surface area contributed by atoms with E-state index in [1.54, 1.807) is 41.9 Å². The molecule has 0 atom stereocenters. The van der Waals surface area contributed by atoms with Crippen molar-refractivity contribution in [1.29, 1.82) is 0 Å². The summed E-state index contributed by atoms with van der Waals surface area (Å²) in [4.78, 5) is 41.6. The number of para-hydroxylation sites is 1. The van der Waals surface area contributed by atoms with Crippen LogP contribution in [0.15, 0.2) is 44.7 Å². The van der Waals surface area contributed by atoms with Gasteiger partial charge in [0.2, 0.25) is 0 Å². The standard InChI is InChI=1S/C17H14BrN5O4/c1-20-12-13(19-15(20)18)21(2)16(25)22(14(12)24)8-10-7-9-5-3-4-6-11(9)23(10)17(26)27/h3-7H,8H2,1-2H3,(H,26,27). The molecule has 1 N–H and O–H groups in total. The van der Waals surface area contributed by atoms with Crippen molar-refractivity contribution in [3.05, 3.63) is 61.6 Å². The molecule has 9 nitrogen and oxygen atoms in total. The second-order valence-electron chi connectivity index (χ2n) is 6.16. The van der Waals surface area contributed by atoms with Crippen LogP contribution in [0.2, 0.25) is 0 Å². The highest BCUT2D eigenvalue weighted by Gasteiger charge is 2.20. The van der Waals surface area contributed by atoms with E-state index in [0.29, 0.717) is 21.3 Å². The van der Waals surface area contributed by atoms with E-state index in [1.165, 1.54) is 11.6 Å². The Morgan fingerprint density at radius 1 is 1.19 bits per heavy atom. The Balaban J connectivity index is 2.01. The second-order valence-corrected chi connectivity index (χ2v) is 6.87. The van der Waals surface area contributed by atoms with Crippen LogP contribution in [0, 0.1) is 0 Å². The molecule has 0 unspecified atom stereocenters. The summed E-state index contributed by atoms with van der Waals surface area (Å²) < 4.78 is 5.34. The molecule has 10 heteroatoms. The van der Waals surface area contributed by atoms with Gasteiger partial charge in [0.1, 0.15) is 0 Å². The zero-order valence-corrected chi connectivity index (χ0v) is 16.0. The number of imidazole rings is 1. The van der Waals surface area contributed by atoms with Crippen LogP contribution in [0.4, 0.5) is 4.79 Å². The highest BCUT2D eigenvalue weighted by molar-refractivity contribution is 9.10. The third kappa shape index (κ3) is 2.44. The van der Waals surface area contributed by atoms with Crippen LogP contribution in [-0.2, 0) is 20.6 Å². The fourth-order valence-corrected chi connectivity index (χ4v) is 3.62. The van der Waals surface area contributed by atoms with Gasteiger partial charge in [0.15, 0.2) is 15.9 Å². The molecule has 0 bridgehead atoms.